The van der Waals surface area contributed by atoms with E-state index in [1.54, 1.807) is 0 Å². The third kappa shape index (κ3) is 4.00. The lowest BCUT2D eigenvalue weighted by Gasteiger charge is -2.09. The van der Waals surface area contributed by atoms with Crippen LogP contribution < -0.4 is 14.8 Å². The van der Waals surface area contributed by atoms with Crippen LogP contribution in [-0.2, 0) is 6.54 Å². The summed E-state index contributed by atoms with van der Waals surface area (Å²) in [6.07, 6.45) is 2.09. The summed E-state index contributed by atoms with van der Waals surface area (Å²) < 4.78 is 10.6. The van der Waals surface area contributed by atoms with E-state index in [0.29, 0.717) is 16.7 Å². The molecule has 2 rings (SSSR count). The number of rotatable bonds is 7. The maximum atomic E-state index is 8.93. The molecule has 1 aromatic rings. The molecule has 1 aliphatic heterocycles. The second-order valence-corrected chi connectivity index (χ2v) is 5.33. The minimum atomic E-state index is 0.241. The van der Waals surface area contributed by atoms with Crippen LogP contribution in [0.2, 0.25) is 5.02 Å². The number of fused-ring (bicyclic) bond motifs is 1. The van der Waals surface area contributed by atoms with Crippen LogP contribution >= 0.6 is 11.6 Å². The molecule has 0 aromatic heterocycles. The third-order valence-electron chi connectivity index (χ3n) is 3.18. The summed E-state index contributed by atoms with van der Waals surface area (Å²) in [6.45, 7) is 4.24. The van der Waals surface area contributed by atoms with Crippen molar-refractivity contribution in [2.45, 2.75) is 26.3 Å². The highest BCUT2D eigenvalue weighted by Crippen LogP contribution is 2.39. The van der Waals surface area contributed by atoms with Gasteiger partial charge in [0.15, 0.2) is 11.5 Å². The standard InChI is InChI=1S/C14H20ClNO3/c1-10(8-17)3-2-4-16-7-11-5-12(15)14-13(6-11)18-9-19-14/h5-6,10,16-17H,2-4,7-9H2,1H3. The summed E-state index contributed by atoms with van der Waals surface area (Å²) in [5.41, 5.74) is 1.09. The Morgan fingerprint density at radius 2 is 2.26 bits per heavy atom. The molecular weight excluding hydrogens is 266 g/mol. The average molecular weight is 286 g/mol. The van der Waals surface area contributed by atoms with Gasteiger partial charge in [-0.15, -0.1) is 0 Å². The number of halogens is 1. The van der Waals surface area contributed by atoms with Crippen LogP contribution in [0.15, 0.2) is 12.1 Å². The molecule has 5 heteroatoms. The summed E-state index contributed by atoms with van der Waals surface area (Å²) in [4.78, 5) is 0. The topological polar surface area (TPSA) is 50.7 Å². The van der Waals surface area contributed by atoms with Gasteiger partial charge in [-0.25, -0.2) is 0 Å². The molecule has 1 aromatic carbocycles. The Kier molecular flexibility index (Phi) is 5.31. The van der Waals surface area contributed by atoms with Gasteiger partial charge < -0.3 is 19.9 Å². The molecule has 1 heterocycles. The smallest absolute Gasteiger partial charge is 0.231 e. The van der Waals surface area contributed by atoms with E-state index in [1.165, 1.54) is 0 Å². The van der Waals surface area contributed by atoms with E-state index in [9.17, 15) is 0 Å². The highest BCUT2D eigenvalue weighted by Gasteiger charge is 2.17. The van der Waals surface area contributed by atoms with Gasteiger partial charge in [-0.2, -0.15) is 0 Å². The number of aliphatic hydroxyl groups is 1. The number of nitrogens with one attached hydrogen (secondary N) is 1. The molecule has 106 valence electrons. The van der Waals surface area contributed by atoms with Gasteiger partial charge in [-0.05, 0) is 43.0 Å². The molecule has 2 N–H and O–H groups in total. The fourth-order valence-electron chi connectivity index (χ4n) is 2.02. The number of benzene rings is 1. The van der Waals surface area contributed by atoms with Gasteiger partial charge in [-0.1, -0.05) is 18.5 Å². The Bertz CT molecular complexity index is 425. The molecule has 1 aliphatic rings. The zero-order valence-electron chi connectivity index (χ0n) is 11.1. The highest BCUT2D eigenvalue weighted by atomic mass is 35.5. The molecule has 0 aliphatic carbocycles. The molecular formula is C14H20ClNO3. The Labute approximate surface area is 118 Å². The van der Waals surface area contributed by atoms with Crippen LogP contribution in [0.3, 0.4) is 0 Å². The fourth-order valence-corrected chi connectivity index (χ4v) is 2.31. The molecule has 1 atom stereocenters. The van der Waals surface area contributed by atoms with Crippen LogP contribution in [-0.4, -0.2) is 25.1 Å². The van der Waals surface area contributed by atoms with Crippen LogP contribution in [0.5, 0.6) is 11.5 Å². The number of ether oxygens (including phenoxy) is 2. The summed E-state index contributed by atoms with van der Waals surface area (Å²) in [5.74, 6) is 1.74. The van der Waals surface area contributed by atoms with Crippen LogP contribution in [0.1, 0.15) is 25.3 Å². The van der Waals surface area contributed by atoms with Crippen molar-refractivity contribution in [1.82, 2.24) is 5.32 Å². The van der Waals surface area contributed by atoms with Crippen molar-refractivity contribution in [1.29, 1.82) is 0 Å². The van der Waals surface area contributed by atoms with Gasteiger partial charge >= 0.3 is 0 Å². The van der Waals surface area contributed by atoms with Crippen molar-refractivity contribution in [3.63, 3.8) is 0 Å². The van der Waals surface area contributed by atoms with Crippen molar-refractivity contribution in [3.05, 3.63) is 22.7 Å². The monoisotopic (exact) mass is 285 g/mol. The van der Waals surface area contributed by atoms with Crippen LogP contribution in [0.4, 0.5) is 0 Å². The van der Waals surface area contributed by atoms with E-state index < -0.39 is 0 Å². The second-order valence-electron chi connectivity index (χ2n) is 4.92. The largest absolute Gasteiger partial charge is 0.454 e. The van der Waals surface area contributed by atoms with E-state index in [0.717, 1.165) is 37.2 Å². The fraction of sp³-hybridized carbons (Fsp3) is 0.571. The van der Waals surface area contributed by atoms with E-state index in [2.05, 4.69) is 12.2 Å². The molecule has 0 saturated heterocycles. The van der Waals surface area contributed by atoms with Gasteiger partial charge in [-0.3, -0.25) is 0 Å². The quantitative estimate of drug-likeness (QED) is 0.756. The Morgan fingerprint density at radius 1 is 1.42 bits per heavy atom. The summed E-state index contributed by atoms with van der Waals surface area (Å²) in [6, 6.07) is 3.86. The van der Waals surface area contributed by atoms with Gasteiger partial charge in [0.1, 0.15) is 0 Å². The van der Waals surface area contributed by atoms with Gasteiger partial charge in [0.2, 0.25) is 6.79 Å². The van der Waals surface area contributed by atoms with E-state index in [-0.39, 0.29) is 13.4 Å². The first kappa shape index (κ1) is 14.4. The Morgan fingerprint density at radius 3 is 3.05 bits per heavy atom. The van der Waals surface area contributed by atoms with Crippen molar-refractivity contribution in [2.75, 3.05) is 19.9 Å². The first-order chi connectivity index (χ1) is 9.20. The normalized spacial score (nSPS) is 14.7. The van der Waals surface area contributed by atoms with Gasteiger partial charge in [0.05, 0.1) is 5.02 Å². The maximum absolute atomic E-state index is 8.93. The predicted octanol–water partition coefficient (Wildman–Crippen LogP) is 2.57. The van der Waals surface area contributed by atoms with Crippen molar-refractivity contribution >= 4 is 11.6 Å². The van der Waals surface area contributed by atoms with Crippen LogP contribution in [0.25, 0.3) is 0 Å². The van der Waals surface area contributed by atoms with E-state index >= 15 is 0 Å². The zero-order valence-corrected chi connectivity index (χ0v) is 11.9. The second kappa shape index (κ2) is 6.98. The Hall–Kier alpha value is -0.970. The first-order valence-corrected chi connectivity index (χ1v) is 6.98. The zero-order chi connectivity index (χ0) is 13.7. The molecule has 0 radical (unpaired) electrons. The SMILES string of the molecule is CC(CO)CCCNCc1cc(Cl)c2c(c1)OCO2. The molecule has 4 nitrogen and oxygen atoms in total. The lowest BCUT2D eigenvalue weighted by Crippen LogP contribution is -2.16. The average Bonchev–Trinajstić information content (AvgIpc) is 2.87. The van der Waals surface area contributed by atoms with E-state index in [1.807, 2.05) is 12.1 Å². The summed E-state index contributed by atoms with van der Waals surface area (Å²) in [5, 5.41) is 12.9. The number of aliphatic hydroxyl groups excluding tert-OH is 1. The van der Waals surface area contributed by atoms with Crippen molar-refractivity contribution < 1.29 is 14.6 Å². The van der Waals surface area contributed by atoms with Crippen molar-refractivity contribution in [2.24, 2.45) is 5.92 Å². The molecule has 0 fully saturated rings. The van der Waals surface area contributed by atoms with Crippen molar-refractivity contribution in [3.8, 4) is 11.5 Å². The third-order valence-corrected chi connectivity index (χ3v) is 3.46. The first-order valence-electron chi connectivity index (χ1n) is 6.60. The predicted molar refractivity (Wildman–Crippen MR) is 74.8 cm³/mol. The minimum absolute atomic E-state index is 0.241. The summed E-state index contributed by atoms with van der Waals surface area (Å²) in [7, 11) is 0. The number of hydrogen-bond donors (Lipinski definition) is 2. The minimum Gasteiger partial charge on any atom is -0.454 e. The molecule has 19 heavy (non-hydrogen) atoms. The Balaban J connectivity index is 1.76. The van der Waals surface area contributed by atoms with E-state index in [4.69, 9.17) is 26.2 Å². The van der Waals surface area contributed by atoms with Gasteiger partial charge in [0, 0.05) is 13.2 Å². The van der Waals surface area contributed by atoms with Gasteiger partial charge in [0.25, 0.3) is 0 Å². The molecule has 0 bridgehead atoms. The molecule has 1 unspecified atom stereocenters. The lowest BCUT2D eigenvalue weighted by molar-refractivity contribution is 0.174. The van der Waals surface area contributed by atoms with Crippen LogP contribution in [0, 0.1) is 5.92 Å². The molecule has 0 saturated carbocycles. The number of hydrogen-bond acceptors (Lipinski definition) is 4. The highest BCUT2D eigenvalue weighted by molar-refractivity contribution is 6.32. The molecule has 0 spiro atoms. The summed E-state index contributed by atoms with van der Waals surface area (Å²) >= 11 is 6.11. The lowest BCUT2D eigenvalue weighted by atomic mass is 10.1. The molecule has 0 amide bonds. The maximum Gasteiger partial charge on any atom is 0.231 e.